The summed E-state index contributed by atoms with van der Waals surface area (Å²) < 4.78 is 10.7. The minimum atomic E-state index is -0.492. The molecule has 1 aliphatic carbocycles. The predicted octanol–water partition coefficient (Wildman–Crippen LogP) is 3.82. The second-order valence-corrected chi connectivity index (χ2v) is 8.46. The summed E-state index contributed by atoms with van der Waals surface area (Å²) in [5.41, 5.74) is 1.31. The van der Waals surface area contributed by atoms with E-state index in [1.807, 2.05) is 33.1 Å². The molecular formula is C18H25NO4S. The van der Waals surface area contributed by atoms with Crippen molar-refractivity contribution in [1.29, 1.82) is 0 Å². The van der Waals surface area contributed by atoms with Gasteiger partial charge in [-0.3, -0.25) is 0 Å². The molecule has 2 heterocycles. The fourth-order valence-electron chi connectivity index (χ4n) is 3.66. The van der Waals surface area contributed by atoms with Crippen LogP contribution in [0.3, 0.4) is 0 Å². The van der Waals surface area contributed by atoms with Crippen LogP contribution in [0.15, 0.2) is 5.38 Å². The molecule has 1 amide bonds. The van der Waals surface area contributed by atoms with Gasteiger partial charge in [-0.25, -0.2) is 9.59 Å². The van der Waals surface area contributed by atoms with Gasteiger partial charge in [0.25, 0.3) is 0 Å². The fourth-order valence-corrected chi connectivity index (χ4v) is 4.76. The number of nitrogens with zero attached hydrogens (tertiary/aromatic N) is 1. The van der Waals surface area contributed by atoms with Gasteiger partial charge in [-0.15, -0.1) is 11.3 Å². The summed E-state index contributed by atoms with van der Waals surface area (Å²) in [6, 6.07) is 0. The van der Waals surface area contributed by atoms with Gasteiger partial charge in [-0.2, -0.15) is 0 Å². The first-order chi connectivity index (χ1) is 11.3. The van der Waals surface area contributed by atoms with Crippen LogP contribution >= 0.6 is 11.3 Å². The zero-order valence-electron chi connectivity index (χ0n) is 14.8. The molecular weight excluding hydrogens is 326 g/mol. The van der Waals surface area contributed by atoms with Crippen LogP contribution in [0.2, 0.25) is 0 Å². The third-order valence-corrected chi connectivity index (χ3v) is 5.67. The van der Waals surface area contributed by atoms with E-state index in [2.05, 4.69) is 0 Å². The maximum atomic E-state index is 12.4. The van der Waals surface area contributed by atoms with Gasteiger partial charge in [0.05, 0.1) is 12.2 Å². The predicted molar refractivity (Wildman–Crippen MR) is 92.6 cm³/mol. The van der Waals surface area contributed by atoms with Crippen molar-refractivity contribution in [2.75, 3.05) is 19.7 Å². The van der Waals surface area contributed by atoms with Gasteiger partial charge in [0.1, 0.15) is 5.60 Å². The molecule has 1 saturated heterocycles. The van der Waals surface area contributed by atoms with Crippen LogP contribution < -0.4 is 0 Å². The van der Waals surface area contributed by atoms with E-state index in [0.29, 0.717) is 31.2 Å². The largest absolute Gasteiger partial charge is 0.462 e. The zero-order valence-corrected chi connectivity index (χ0v) is 15.6. The summed E-state index contributed by atoms with van der Waals surface area (Å²) in [4.78, 5) is 27.7. The number of aryl methyl sites for hydroxylation is 1. The topological polar surface area (TPSA) is 55.8 Å². The molecule has 3 rings (SSSR count). The average Bonchev–Trinajstić information content (AvgIpc) is 3.09. The van der Waals surface area contributed by atoms with Gasteiger partial charge in [-0.05, 0) is 52.0 Å². The molecule has 0 spiro atoms. The maximum absolute atomic E-state index is 12.4. The molecule has 1 fully saturated rings. The highest BCUT2D eigenvalue weighted by molar-refractivity contribution is 7.10. The van der Waals surface area contributed by atoms with E-state index in [1.54, 1.807) is 16.2 Å². The average molecular weight is 351 g/mol. The van der Waals surface area contributed by atoms with E-state index in [4.69, 9.17) is 9.47 Å². The number of amides is 1. The Morgan fingerprint density at radius 3 is 2.75 bits per heavy atom. The van der Waals surface area contributed by atoms with Crippen molar-refractivity contribution in [2.45, 2.75) is 52.1 Å². The Bertz CT molecular complexity index is 646. The third kappa shape index (κ3) is 3.29. The number of carbonyl (C=O) groups excluding carboxylic acids is 2. The van der Waals surface area contributed by atoms with Crippen molar-refractivity contribution in [2.24, 2.45) is 5.92 Å². The highest BCUT2D eigenvalue weighted by Gasteiger charge is 2.43. The lowest BCUT2D eigenvalue weighted by atomic mass is 9.79. The normalized spacial score (nSPS) is 22.8. The molecule has 5 nitrogen and oxygen atoms in total. The minimum Gasteiger partial charge on any atom is -0.462 e. The number of thiophene rings is 1. The van der Waals surface area contributed by atoms with Crippen LogP contribution in [0.4, 0.5) is 4.79 Å². The molecule has 24 heavy (non-hydrogen) atoms. The first-order valence-electron chi connectivity index (χ1n) is 8.55. The molecule has 132 valence electrons. The maximum Gasteiger partial charge on any atom is 0.410 e. The van der Waals surface area contributed by atoms with E-state index >= 15 is 0 Å². The van der Waals surface area contributed by atoms with Crippen LogP contribution in [0, 0.1) is 5.92 Å². The summed E-state index contributed by atoms with van der Waals surface area (Å²) >= 11 is 1.64. The third-order valence-electron chi connectivity index (χ3n) is 4.61. The SMILES string of the molecule is CCOC(=O)c1csc2c1C1CN(C(=O)OC(C)(C)C)CC1CC2. The van der Waals surface area contributed by atoms with Crippen molar-refractivity contribution in [3.63, 3.8) is 0 Å². The van der Waals surface area contributed by atoms with Crippen LogP contribution in [-0.2, 0) is 15.9 Å². The van der Waals surface area contributed by atoms with Crippen molar-refractivity contribution >= 4 is 23.4 Å². The van der Waals surface area contributed by atoms with E-state index in [-0.39, 0.29) is 18.0 Å². The van der Waals surface area contributed by atoms with Crippen molar-refractivity contribution in [1.82, 2.24) is 4.90 Å². The second kappa shape index (κ2) is 6.39. The molecule has 0 saturated carbocycles. The van der Waals surface area contributed by atoms with E-state index < -0.39 is 5.60 Å². The minimum absolute atomic E-state index is 0.215. The molecule has 1 aliphatic heterocycles. The first-order valence-corrected chi connectivity index (χ1v) is 9.43. The fraction of sp³-hybridized carbons (Fsp3) is 0.667. The first kappa shape index (κ1) is 17.3. The van der Waals surface area contributed by atoms with Crippen LogP contribution in [0.5, 0.6) is 0 Å². The number of hydrogen-bond acceptors (Lipinski definition) is 5. The molecule has 0 radical (unpaired) electrons. The van der Waals surface area contributed by atoms with Gasteiger partial charge in [0.2, 0.25) is 0 Å². The summed E-state index contributed by atoms with van der Waals surface area (Å²) in [7, 11) is 0. The number of likely N-dealkylation sites (tertiary alicyclic amines) is 1. The molecule has 0 aromatic carbocycles. The molecule has 6 heteroatoms. The number of esters is 1. The Morgan fingerprint density at radius 1 is 1.33 bits per heavy atom. The van der Waals surface area contributed by atoms with Crippen LogP contribution in [0.1, 0.15) is 60.8 Å². The molecule has 2 unspecified atom stereocenters. The standard InChI is InChI=1S/C18H25NO4S/c1-5-22-16(20)13-10-24-14-7-6-11-8-19(9-12(11)15(13)14)17(21)23-18(2,3)4/h10-12H,5-9H2,1-4H3. The molecule has 2 aliphatic rings. The van der Waals surface area contributed by atoms with Crippen molar-refractivity contribution in [3.05, 3.63) is 21.4 Å². The smallest absolute Gasteiger partial charge is 0.410 e. The van der Waals surface area contributed by atoms with E-state index in [1.165, 1.54) is 4.88 Å². The van der Waals surface area contributed by atoms with Gasteiger partial charge in [0, 0.05) is 29.3 Å². The van der Waals surface area contributed by atoms with E-state index in [0.717, 1.165) is 18.4 Å². The molecule has 2 atom stereocenters. The Balaban J connectivity index is 1.81. The van der Waals surface area contributed by atoms with Crippen molar-refractivity contribution < 1.29 is 19.1 Å². The lowest BCUT2D eigenvalue weighted by molar-refractivity contribution is 0.0286. The van der Waals surface area contributed by atoms with Crippen molar-refractivity contribution in [3.8, 4) is 0 Å². The zero-order chi connectivity index (χ0) is 17.5. The Kier molecular flexibility index (Phi) is 4.60. The van der Waals surface area contributed by atoms with Gasteiger partial charge >= 0.3 is 12.1 Å². The van der Waals surface area contributed by atoms with Crippen LogP contribution in [0.25, 0.3) is 0 Å². The molecule has 1 aromatic heterocycles. The van der Waals surface area contributed by atoms with Gasteiger partial charge in [-0.1, -0.05) is 0 Å². The number of hydrogen-bond donors (Lipinski definition) is 0. The van der Waals surface area contributed by atoms with Gasteiger partial charge in [0.15, 0.2) is 0 Å². The summed E-state index contributed by atoms with van der Waals surface area (Å²) in [6.45, 7) is 9.16. The molecule has 0 N–H and O–H groups in total. The molecule has 0 bridgehead atoms. The van der Waals surface area contributed by atoms with Gasteiger partial charge < -0.3 is 14.4 Å². The highest BCUT2D eigenvalue weighted by atomic mass is 32.1. The number of ether oxygens (including phenoxy) is 2. The lowest BCUT2D eigenvalue weighted by Crippen LogP contribution is -2.35. The summed E-state index contributed by atoms with van der Waals surface area (Å²) in [6.07, 6.45) is 1.77. The summed E-state index contributed by atoms with van der Waals surface area (Å²) in [5.74, 6) is 0.367. The number of fused-ring (bicyclic) bond motifs is 3. The Hall–Kier alpha value is -1.56. The second-order valence-electron chi connectivity index (χ2n) is 7.50. The quantitative estimate of drug-likeness (QED) is 0.760. The lowest BCUT2D eigenvalue weighted by Gasteiger charge is -2.25. The summed E-state index contributed by atoms with van der Waals surface area (Å²) in [5, 5.41) is 1.92. The highest BCUT2D eigenvalue weighted by Crippen LogP contribution is 2.45. The number of rotatable bonds is 2. The number of carbonyl (C=O) groups is 2. The Labute approximate surface area is 146 Å². The van der Waals surface area contributed by atoms with Crippen LogP contribution in [-0.4, -0.2) is 42.3 Å². The van der Waals surface area contributed by atoms with E-state index in [9.17, 15) is 9.59 Å². The molecule has 1 aromatic rings. The monoisotopic (exact) mass is 351 g/mol. The Morgan fingerprint density at radius 2 is 2.08 bits per heavy atom.